The normalized spacial score (nSPS) is 18.1. The lowest BCUT2D eigenvalue weighted by Gasteiger charge is -2.10. The average molecular weight is 276 g/mol. The fraction of sp³-hybridized carbons (Fsp3) is 0.562. The highest BCUT2D eigenvalue weighted by molar-refractivity contribution is 5.90. The molecule has 20 heavy (non-hydrogen) atoms. The lowest BCUT2D eigenvalue weighted by atomic mass is 10.1. The topological polar surface area (TPSA) is 50.4 Å². The number of benzene rings is 1. The second-order valence-electron chi connectivity index (χ2n) is 5.19. The van der Waals surface area contributed by atoms with Gasteiger partial charge in [-0.3, -0.25) is 4.79 Å². The van der Waals surface area contributed by atoms with Crippen LogP contribution in [0, 0.1) is 0 Å². The van der Waals surface area contributed by atoms with Crippen molar-refractivity contribution in [2.24, 2.45) is 0 Å². The Kier molecular flexibility index (Phi) is 6.02. The summed E-state index contributed by atoms with van der Waals surface area (Å²) < 4.78 is 5.51. The Hall–Kier alpha value is -1.39. The summed E-state index contributed by atoms with van der Waals surface area (Å²) in [7, 11) is 0. The highest BCUT2D eigenvalue weighted by Gasteiger charge is 2.14. The van der Waals surface area contributed by atoms with E-state index >= 15 is 0 Å². The fourth-order valence-electron chi connectivity index (χ4n) is 2.32. The maximum absolute atomic E-state index is 11.8. The first kappa shape index (κ1) is 15.0. The molecule has 1 atom stereocenters. The molecule has 0 aromatic heterocycles. The Morgan fingerprint density at radius 1 is 1.35 bits per heavy atom. The van der Waals surface area contributed by atoms with E-state index in [4.69, 9.17) is 4.74 Å². The molecule has 2 rings (SSSR count). The third-order valence-corrected chi connectivity index (χ3v) is 3.57. The minimum atomic E-state index is 0.0501. The Bertz CT molecular complexity index is 411. The van der Waals surface area contributed by atoms with Crippen LogP contribution in [0.3, 0.4) is 0 Å². The lowest BCUT2D eigenvalue weighted by Crippen LogP contribution is -2.29. The molecule has 4 nitrogen and oxygen atoms in total. The third kappa shape index (κ3) is 4.94. The van der Waals surface area contributed by atoms with E-state index in [2.05, 4.69) is 17.6 Å². The zero-order valence-electron chi connectivity index (χ0n) is 12.2. The lowest BCUT2D eigenvalue weighted by molar-refractivity contribution is -0.116. The molecule has 1 aliphatic heterocycles. The van der Waals surface area contributed by atoms with E-state index in [0.717, 1.165) is 38.1 Å². The highest BCUT2D eigenvalue weighted by atomic mass is 16.5. The van der Waals surface area contributed by atoms with Crippen LogP contribution in [0.1, 0.15) is 31.7 Å². The van der Waals surface area contributed by atoms with Crippen LogP contribution in [0.25, 0.3) is 0 Å². The van der Waals surface area contributed by atoms with Crippen molar-refractivity contribution in [2.75, 3.05) is 25.0 Å². The molecule has 0 saturated carbocycles. The van der Waals surface area contributed by atoms with Gasteiger partial charge >= 0.3 is 0 Å². The first-order valence-electron chi connectivity index (χ1n) is 7.49. The Morgan fingerprint density at radius 2 is 2.15 bits per heavy atom. The molecule has 1 aromatic rings. The number of hydrogen-bond donors (Lipinski definition) is 2. The predicted octanol–water partition coefficient (Wildman–Crippen LogP) is 2.35. The molecular formula is C16H24N2O2. The van der Waals surface area contributed by atoms with Gasteiger partial charge in [0.2, 0.25) is 5.91 Å². The third-order valence-electron chi connectivity index (χ3n) is 3.57. The van der Waals surface area contributed by atoms with Crippen LogP contribution in [-0.2, 0) is 16.0 Å². The van der Waals surface area contributed by atoms with Crippen LogP contribution in [0.2, 0.25) is 0 Å². The first-order valence-corrected chi connectivity index (χ1v) is 7.49. The van der Waals surface area contributed by atoms with E-state index < -0.39 is 0 Å². The largest absolute Gasteiger partial charge is 0.377 e. The molecule has 0 bridgehead atoms. The molecule has 0 spiro atoms. The highest BCUT2D eigenvalue weighted by Crippen LogP contribution is 2.11. The number of aryl methyl sites for hydroxylation is 1. The Labute approximate surface area is 120 Å². The van der Waals surface area contributed by atoms with Crippen molar-refractivity contribution >= 4 is 11.6 Å². The summed E-state index contributed by atoms with van der Waals surface area (Å²) in [6, 6.07) is 8.00. The SMILES string of the molecule is CCc1ccc(NC(=O)CCNCC2CCCO2)cc1. The fourth-order valence-corrected chi connectivity index (χ4v) is 2.32. The molecule has 1 amide bonds. The van der Waals surface area contributed by atoms with Crippen LogP contribution in [0.15, 0.2) is 24.3 Å². The number of carbonyl (C=O) groups is 1. The summed E-state index contributed by atoms with van der Waals surface area (Å²) >= 11 is 0. The number of amides is 1. The minimum absolute atomic E-state index is 0.0501. The van der Waals surface area contributed by atoms with E-state index in [-0.39, 0.29) is 5.91 Å². The summed E-state index contributed by atoms with van der Waals surface area (Å²) in [5.74, 6) is 0.0501. The Balaban J connectivity index is 1.61. The van der Waals surface area contributed by atoms with Gasteiger partial charge in [-0.05, 0) is 37.0 Å². The van der Waals surface area contributed by atoms with Gasteiger partial charge < -0.3 is 15.4 Å². The van der Waals surface area contributed by atoms with Crippen molar-refractivity contribution in [3.05, 3.63) is 29.8 Å². The molecule has 0 radical (unpaired) electrons. The molecule has 1 saturated heterocycles. The van der Waals surface area contributed by atoms with Crippen molar-refractivity contribution in [3.63, 3.8) is 0 Å². The van der Waals surface area contributed by atoms with Crippen LogP contribution in [0.5, 0.6) is 0 Å². The number of anilines is 1. The zero-order chi connectivity index (χ0) is 14.2. The molecule has 1 unspecified atom stereocenters. The van der Waals surface area contributed by atoms with Gasteiger partial charge in [0.1, 0.15) is 0 Å². The Morgan fingerprint density at radius 3 is 2.80 bits per heavy atom. The van der Waals surface area contributed by atoms with Crippen molar-refractivity contribution in [3.8, 4) is 0 Å². The number of hydrogen-bond acceptors (Lipinski definition) is 3. The molecule has 4 heteroatoms. The van der Waals surface area contributed by atoms with Gasteiger partial charge in [-0.25, -0.2) is 0 Å². The van der Waals surface area contributed by atoms with Crippen molar-refractivity contribution in [1.82, 2.24) is 5.32 Å². The van der Waals surface area contributed by atoms with Crippen LogP contribution in [-0.4, -0.2) is 31.7 Å². The summed E-state index contributed by atoms with van der Waals surface area (Å²) in [6.45, 7) is 4.53. The zero-order valence-corrected chi connectivity index (χ0v) is 12.2. The monoisotopic (exact) mass is 276 g/mol. The van der Waals surface area contributed by atoms with Crippen LogP contribution < -0.4 is 10.6 Å². The predicted molar refractivity (Wildman–Crippen MR) is 80.9 cm³/mol. The standard InChI is InChI=1S/C16H24N2O2/c1-2-13-5-7-14(8-6-13)18-16(19)9-10-17-12-15-4-3-11-20-15/h5-8,15,17H,2-4,9-12H2,1H3,(H,18,19). The maximum Gasteiger partial charge on any atom is 0.225 e. The first-order chi connectivity index (χ1) is 9.78. The van der Waals surface area contributed by atoms with Crippen molar-refractivity contribution in [1.29, 1.82) is 0 Å². The smallest absolute Gasteiger partial charge is 0.225 e. The van der Waals surface area contributed by atoms with E-state index in [1.54, 1.807) is 0 Å². The molecule has 2 N–H and O–H groups in total. The van der Waals surface area contributed by atoms with Crippen molar-refractivity contribution < 1.29 is 9.53 Å². The van der Waals surface area contributed by atoms with Gasteiger partial charge in [-0.2, -0.15) is 0 Å². The van der Waals surface area contributed by atoms with E-state index in [9.17, 15) is 4.79 Å². The number of ether oxygens (including phenoxy) is 1. The van der Waals surface area contributed by atoms with Crippen LogP contribution in [0.4, 0.5) is 5.69 Å². The van der Waals surface area contributed by atoms with Gasteiger partial charge in [-0.15, -0.1) is 0 Å². The summed E-state index contributed by atoms with van der Waals surface area (Å²) in [6.07, 6.45) is 4.12. The molecule has 1 fully saturated rings. The van der Waals surface area contributed by atoms with Gasteiger partial charge in [-0.1, -0.05) is 19.1 Å². The number of carbonyl (C=O) groups excluding carboxylic acids is 1. The number of rotatable bonds is 7. The second-order valence-corrected chi connectivity index (χ2v) is 5.19. The van der Waals surface area contributed by atoms with Crippen LogP contribution >= 0.6 is 0 Å². The van der Waals surface area contributed by atoms with Crippen molar-refractivity contribution in [2.45, 2.75) is 38.7 Å². The van der Waals surface area contributed by atoms with E-state index in [1.807, 2.05) is 24.3 Å². The van der Waals surface area contributed by atoms with E-state index in [0.29, 0.717) is 19.1 Å². The van der Waals surface area contributed by atoms with Gasteiger partial charge in [0.15, 0.2) is 0 Å². The minimum Gasteiger partial charge on any atom is -0.377 e. The van der Waals surface area contributed by atoms with E-state index in [1.165, 1.54) is 5.56 Å². The summed E-state index contributed by atoms with van der Waals surface area (Å²) in [4.78, 5) is 11.8. The molecule has 1 aromatic carbocycles. The average Bonchev–Trinajstić information content (AvgIpc) is 2.98. The molecular weight excluding hydrogens is 252 g/mol. The summed E-state index contributed by atoms with van der Waals surface area (Å²) in [5, 5.41) is 6.19. The number of nitrogens with one attached hydrogen (secondary N) is 2. The maximum atomic E-state index is 11.8. The summed E-state index contributed by atoms with van der Waals surface area (Å²) in [5.41, 5.74) is 2.15. The molecule has 1 heterocycles. The molecule has 110 valence electrons. The second kappa shape index (κ2) is 8.02. The quantitative estimate of drug-likeness (QED) is 0.752. The van der Waals surface area contributed by atoms with Gasteiger partial charge in [0, 0.05) is 31.8 Å². The van der Waals surface area contributed by atoms with Gasteiger partial charge in [0.05, 0.1) is 6.10 Å². The van der Waals surface area contributed by atoms with Gasteiger partial charge in [0.25, 0.3) is 0 Å². The molecule has 1 aliphatic rings. The molecule has 0 aliphatic carbocycles.